The van der Waals surface area contributed by atoms with E-state index in [9.17, 15) is 4.79 Å². The molecule has 106 valence electrons. The standard InChI is InChI=1S/C14H17N3O2S/c1-3-17-10(7-8-15-17)13-16-12-9(14(18)19-4-2)5-6-11(12)20-13/h7-9H,3-6H2,1-2H3. The lowest BCUT2D eigenvalue weighted by Crippen LogP contribution is -2.14. The molecule has 20 heavy (non-hydrogen) atoms. The van der Waals surface area contributed by atoms with Crippen molar-refractivity contribution in [3.63, 3.8) is 0 Å². The third-order valence-corrected chi connectivity index (χ3v) is 4.68. The number of carbonyl (C=O) groups is 1. The van der Waals surface area contributed by atoms with Gasteiger partial charge >= 0.3 is 5.97 Å². The average Bonchev–Trinajstić information content (AvgIpc) is 3.12. The smallest absolute Gasteiger partial charge is 0.315 e. The van der Waals surface area contributed by atoms with Crippen molar-refractivity contribution in [1.29, 1.82) is 0 Å². The topological polar surface area (TPSA) is 57.0 Å². The summed E-state index contributed by atoms with van der Waals surface area (Å²) in [5.74, 6) is -0.333. The maximum absolute atomic E-state index is 12.0. The molecule has 0 amide bonds. The molecular formula is C14H17N3O2S. The van der Waals surface area contributed by atoms with Gasteiger partial charge in [-0.05, 0) is 32.8 Å². The lowest BCUT2D eigenvalue weighted by Gasteiger charge is -2.08. The lowest BCUT2D eigenvalue weighted by molar-refractivity contribution is -0.145. The van der Waals surface area contributed by atoms with Crippen LogP contribution in [0, 0.1) is 0 Å². The molecule has 0 aliphatic heterocycles. The van der Waals surface area contributed by atoms with E-state index in [1.807, 2.05) is 17.7 Å². The Kier molecular flexibility index (Phi) is 3.56. The van der Waals surface area contributed by atoms with E-state index in [0.29, 0.717) is 6.61 Å². The van der Waals surface area contributed by atoms with Crippen molar-refractivity contribution in [3.8, 4) is 10.7 Å². The van der Waals surface area contributed by atoms with Crippen molar-refractivity contribution >= 4 is 17.3 Å². The first-order chi connectivity index (χ1) is 9.74. The highest BCUT2D eigenvalue weighted by atomic mass is 32.1. The van der Waals surface area contributed by atoms with Gasteiger partial charge in [0.25, 0.3) is 0 Å². The zero-order chi connectivity index (χ0) is 14.1. The van der Waals surface area contributed by atoms with E-state index in [1.165, 1.54) is 4.88 Å². The number of ether oxygens (including phenoxy) is 1. The van der Waals surface area contributed by atoms with Crippen molar-refractivity contribution < 1.29 is 9.53 Å². The molecule has 2 aromatic rings. The summed E-state index contributed by atoms with van der Waals surface area (Å²) in [6.45, 7) is 5.12. The number of aryl methyl sites for hydroxylation is 2. The first-order valence-corrected chi connectivity index (χ1v) is 7.74. The van der Waals surface area contributed by atoms with Gasteiger partial charge < -0.3 is 4.74 Å². The number of hydrogen-bond donors (Lipinski definition) is 0. The highest BCUT2D eigenvalue weighted by Gasteiger charge is 2.34. The predicted octanol–water partition coefficient (Wildman–Crippen LogP) is 2.62. The molecule has 1 aliphatic rings. The van der Waals surface area contributed by atoms with E-state index in [-0.39, 0.29) is 11.9 Å². The van der Waals surface area contributed by atoms with Crippen molar-refractivity contribution in [2.45, 2.75) is 39.2 Å². The fourth-order valence-electron chi connectivity index (χ4n) is 2.58. The van der Waals surface area contributed by atoms with Crippen LogP contribution < -0.4 is 0 Å². The number of esters is 1. The van der Waals surface area contributed by atoms with Gasteiger partial charge in [0, 0.05) is 17.6 Å². The van der Waals surface area contributed by atoms with E-state index >= 15 is 0 Å². The summed E-state index contributed by atoms with van der Waals surface area (Å²) in [4.78, 5) is 17.8. The summed E-state index contributed by atoms with van der Waals surface area (Å²) in [6, 6.07) is 1.97. The normalized spacial score (nSPS) is 17.2. The number of hydrogen-bond acceptors (Lipinski definition) is 5. The molecule has 5 nitrogen and oxygen atoms in total. The summed E-state index contributed by atoms with van der Waals surface area (Å²) in [6.07, 6.45) is 3.52. The van der Waals surface area contributed by atoms with Crippen LogP contribution in [-0.4, -0.2) is 27.3 Å². The van der Waals surface area contributed by atoms with Crippen LogP contribution >= 0.6 is 11.3 Å². The van der Waals surface area contributed by atoms with Crippen LogP contribution in [0.15, 0.2) is 12.3 Å². The monoisotopic (exact) mass is 291 g/mol. The molecular weight excluding hydrogens is 274 g/mol. The molecule has 1 aliphatic carbocycles. The Bertz CT molecular complexity index is 632. The van der Waals surface area contributed by atoms with Gasteiger partial charge in [-0.25, -0.2) is 4.98 Å². The number of rotatable bonds is 4. The van der Waals surface area contributed by atoms with Gasteiger partial charge in [-0.2, -0.15) is 5.10 Å². The van der Waals surface area contributed by atoms with Crippen molar-refractivity contribution in [3.05, 3.63) is 22.8 Å². The quantitative estimate of drug-likeness (QED) is 0.813. The molecule has 0 saturated heterocycles. The maximum atomic E-state index is 12.0. The van der Waals surface area contributed by atoms with Gasteiger partial charge in [-0.3, -0.25) is 9.48 Å². The number of fused-ring (bicyclic) bond motifs is 1. The Hall–Kier alpha value is -1.69. The van der Waals surface area contributed by atoms with E-state index in [2.05, 4.69) is 17.0 Å². The minimum atomic E-state index is -0.187. The molecule has 0 N–H and O–H groups in total. The Morgan fingerprint density at radius 1 is 1.55 bits per heavy atom. The van der Waals surface area contributed by atoms with Crippen LogP contribution in [0.2, 0.25) is 0 Å². The van der Waals surface area contributed by atoms with E-state index in [1.54, 1.807) is 17.5 Å². The van der Waals surface area contributed by atoms with E-state index in [4.69, 9.17) is 4.74 Å². The predicted molar refractivity (Wildman–Crippen MR) is 76.7 cm³/mol. The lowest BCUT2D eigenvalue weighted by atomic mass is 10.1. The summed E-state index contributed by atoms with van der Waals surface area (Å²) < 4.78 is 7.06. The molecule has 0 radical (unpaired) electrons. The fraction of sp³-hybridized carbons (Fsp3) is 0.500. The van der Waals surface area contributed by atoms with E-state index in [0.717, 1.165) is 35.8 Å². The Labute approximate surface area is 121 Å². The molecule has 0 bridgehead atoms. The second-order valence-electron chi connectivity index (χ2n) is 4.70. The maximum Gasteiger partial charge on any atom is 0.315 e. The molecule has 6 heteroatoms. The Morgan fingerprint density at radius 3 is 3.15 bits per heavy atom. The summed E-state index contributed by atoms with van der Waals surface area (Å²) in [5.41, 5.74) is 1.93. The molecule has 2 heterocycles. The summed E-state index contributed by atoms with van der Waals surface area (Å²) in [5, 5.41) is 5.22. The van der Waals surface area contributed by atoms with E-state index < -0.39 is 0 Å². The average molecular weight is 291 g/mol. The third kappa shape index (κ3) is 2.14. The van der Waals surface area contributed by atoms with Crippen LogP contribution in [0.25, 0.3) is 10.7 Å². The van der Waals surface area contributed by atoms with Gasteiger partial charge in [0.1, 0.15) is 10.9 Å². The van der Waals surface area contributed by atoms with Gasteiger partial charge in [0.15, 0.2) is 0 Å². The molecule has 2 aromatic heterocycles. The highest BCUT2D eigenvalue weighted by molar-refractivity contribution is 7.15. The molecule has 1 unspecified atom stereocenters. The molecule has 0 fully saturated rings. The van der Waals surface area contributed by atoms with Crippen LogP contribution in [0.5, 0.6) is 0 Å². The minimum absolute atomic E-state index is 0.146. The van der Waals surface area contributed by atoms with Crippen LogP contribution in [0.3, 0.4) is 0 Å². The van der Waals surface area contributed by atoms with Crippen molar-refractivity contribution in [2.75, 3.05) is 6.61 Å². The van der Waals surface area contributed by atoms with Crippen molar-refractivity contribution in [1.82, 2.24) is 14.8 Å². The molecule has 0 aromatic carbocycles. The largest absolute Gasteiger partial charge is 0.465 e. The second kappa shape index (κ2) is 5.36. The van der Waals surface area contributed by atoms with Gasteiger partial charge in [0.2, 0.25) is 0 Å². The number of carbonyl (C=O) groups excluding carboxylic acids is 1. The Morgan fingerprint density at radius 2 is 2.40 bits per heavy atom. The molecule has 3 rings (SSSR count). The van der Waals surface area contributed by atoms with Gasteiger partial charge in [-0.15, -0.1) is 11.3 Å². The Balaban J connectivity index is 1.92. The second-order valence-corrected chi connectivity index (χ2v) is 5.79. The fourth-order valence-corrected chi connectivity index (χ4v) is 3.74. The SMILES string of the molecule is CCOC(=O)C1CCc2sc(-c3ccnn3CC)nc21. The van der Waals surface area contributed by atoms with Gasteiger partial charge in [-0.1, -0.05) is 0 Å². The summed E-state index contributed by atoms with van der Waals surface area (Å²) in [7, 11) is 0. The molecule has 1 atom stereocenters. The van der Waals surface area contributed by atoms with Crippen molar-refractivity contribution in [2.24, 2.45) is 0 Å². The molecule has 0 spiro atoms. The van der Waals surface area contributed by atoms with Crippen LogP contribution in [0.4, 0.5) is 0 Å². The van der Waals surface area contributed by atoms with Gasteiger partial charge in [0.05, 0.1) is 18.0 Å². The first-order valence-electron chi connectivity index (χ1n) is 6.93. The minimum Gasteiger partial charge on any atom is -0.465 e. The number of aromatic nitrogens is 3. The highest BCUT2D eigenvalue weighted by Crippen LogP contribution is 2.40. The number of nitrogens with zero attached hydrogens (tertiary/aromatic N) is 3. The number of thiazole rings is 1. The van der Waals surface area contributed by atoms with Crippen LogP contribution in [0.1, 0.15) is 36.8 Å². The summed E-state index contributed by atoms with van der Waals surface area (Å²) >= 11 is 1.67. The zero-order valence-corrected chi connectivity index (χ0v) is 12.4. The third-order valence-electron chi connectivity index (χ3n) is 3.52. The molecule has 0 saturated carbocycles. The zero-order valence-electron chi connectivity index (χ0n) is 11.6. The van der Waals surface area contributed by atoms with Crippen LogP contribution in [-0.2, 0) is 22.5 Å². The first kappa shape index (κ1) is 13.3.